The zero-order chi connectivity index (χ0) is 7.68. The van der Waals surface area contributed by atoms with E-state index in [2.05, 4.69) is 27.1 Å². The van der Waals surface area contributed by atoms with Crippen LogP contribution in [0.3, 0.4) is 0 Å². The van der Waals surface area contributed by atoms with E-state index in [-0.39, 0.29) is 0 Å². The summed E-state index contributed by atoms with van der Waals surface area (Å²) >= 11 is 3.42. The molecule has 0 unspecified atom stereocenters. The average molecular weight is 211 g/mol. The van der Waals surface area contributed by atoms with Gasteiger partial charge in [0.2, 0.25) is 0 Å². The predicted molar refractivity (Wildman–Crippen MR) is 47.8 cm³/mol. The third-order valence-electron chi connectivity index (χ3n) is 1.67. The number of aromatic nitrogens is 2. The van der Waals surface area contributed by atoms with Crippen LogP contribution in [0.4, 0.5) is 0 Å². The smallest absolute Gasteiger partial charge is 0.0701 e. The number of fused-ring (bicyclic) bond motifs is 1. The Labute approximate surface area is 73.0 Å². The van der Waals surface area contributed by atoms with Crippen LogP contribution >= 0.6 is 15.9 Å². The van der Waals surface area contributed by atoms with Gasteiger partial charge >= 0.3 is 0 Å². The van der Waals surface area contributed by atoms with E-state index in [1.807, 2.05) is 29.0 Å². The second-order valence-corrected chi connectivity index (χ2v) is 2.89. The maximum absolute atomic E-state index is 4.12. The summed E-state index contributed by atoms with van der Waals surface area (Å²) in [5.41, 5.74) is 2.44. The molecule has 0 N–H and O–H groups in total. The molecule has 0 atom stereocenters. The van der Waals surface area contributed by atoms with E-state index in [9.17, 15) is 0 Å². The Kier molecular flexibility index (Phi) is 1.66. The van der Waals surface area contributed by atoms with Crippen LogP contribution in [-0.4, -0.2) is 9.61 Å². The predicted octanol–water partition coefficient (Wildman–Crippen LogP) is 2.23. The van der Waals surface area contributed by atoms with Gasteiger partial charge in [-0.3, -0.25) is 0 Å². The van der Waals surface area contributed by atoms with Gasteiger partial charge in [0.25, 0.3) is 0 Å². The Bertz CT molecular complexity index is 367. The molecule has 2 nitrogen and oxygen atoms in total. The van der Waals surface area contributed by atoms with E-state index in [1.54, 1.807) is 0 Å². The molecule has 56 valence electrons. The van der Waals surface area contributed by atoms with Gasteiger partial charge < -0.3 is 0 Å². The molecule has 2 rings (SSSR count). The lowest BCUT2D eigenvalue weighted by Crippen LogP contribution is -1.88. The molecule has 2 heterocycles. The van der Waals surface area contributed by atoms with Crippen LogP contribution in [0.2, 0.25) is 0 Å². The van der Waals surface area contributed by atoms with Crippen LogP contribution in [0.5, 0.6) is 0 Å². The molecule has 0 aliphatic heterocycles. The van der Waals surface area contributed by atoms with Gasteiger partial charge in [0.15, 0.2) is 0 Å². The van der Waals surface area contributed by atoms with E-state index >= 15 is 0 Å². The highest BCUT2D eigenvalue weighted by Gasteiger charge is 1.97. The van der Waals surface area contributed by atoms with Gasteiger partial charge in [-0.15, -0.1) is 0 Å². The van der Waals surface area contributed by atoms with Crippen molar-refractivity contribution in [2.24, 2.45) is 0 Å². The average Bonchev–Trinajstić information content (AvgIpc) is 2.50. The Hall–Kier alpha value is -0.830. The number of rotatable bonds is 1. The van der Waals surface area contributed by atoms with E-state index in [4.69, 9.17) is 0 Å². The zero-order valence-corrected chi connectivity index (χ0v) is 7.45. The van der Waals surface area contributed by atoms with Gasteiger partial charge in [-0.05, 0) is 17.7 Å². The van der Waals surface area contributed by atoms with Crippen LogP contribution in [0.1, 0.15) is 5.56 Å². The van der Waals surface area contributed by atoms with Gasteiger partial charge in [0.1, 0.15) is 0 Å². The number of hydrogen-bond acceptors (Lipinski definition) is 1. The molecule has 0 aromatic carbocycles. The maximum Gasteiger partial charge on any atom is 0.0701 e. The molecule has 0 bridgehead atoms. The van der Waals surface area contributed by atoms with E-state index in [0.717, 1.165) is 5.33 Å². The molecule has 3 heteroatoms. The van der Waals surface area contributed by atoms with E-state index in [0.29, 0.717) is 0 Å². The van der Waals surface area contributed by atoms with Gasteiger partial charge in [-0.1, -0.05) is 22.0 Å². The Balaban J connectivity index is 2.79. The van der Waals surface area contributed by atoms with E-state index in [1.165, 1.54) is 11.1 Å². The highest BCUT2D eigenvalue weighted by Crippen LogP contribution is 2.12. The molecule has 0 spiro atoms. The molecule has 0 fully saturated rings. The number of pyridine rings is 1. The van der Waals surface area contributed by atoms with Crippen molar-refractivity contribution in [2.75, 3.05) is 0 Å². The molecule has 2 aromatic rings. The maximum atomic E-state index is 4.12. The highest BCUT2D eigenvalue weighted by molar-refractivity contribution is 9.08. The fraction of sp³-hybridized carbons (Fsp3) is 0.125. The molecule has 0 radical (unpaired) electrons. The lowest BCUT2D eigenvalue weighted by molar-refractivity contribution is 0.955. The molecule has 0 saturated carbocycles. The second kappa shape index (κ2) is 2.66. The zero-order valence-electron chi connectivity index (χ0n) is 5.87. The van der Waals surface area contributed by atoms with E-state index < -0.39 is 0 Å². The summed E-state index contributed by atoms with van der Waals surface area (Å²) in [7, 11) is 0. The van der Waals surface area contributed by atoms with Crippen LogP contribution < -0.4 is 0 Å². The van der Waals surface area contributed by atoms with Crippen molar-refractivity contribution in [1.82, 2.24) is 9.61 Å². The minimum absolute atomic E-state index is 0.878. The minimum Gasteiger partial charge on any atom is -0.241 e. The third kappa shape index (κ3) is 1.05. The molecule has 2 aromatic heterocycles. The normalized spacial score (nSPS) is 10.6. The number of nitrogens with zero attached hydrogens (tertiary/aromatic N) is 2. The molecule has 0 saturated heterocycles. The van der Waals surface area contributed by atoms with Crippen LogP contribution in [0.25, 0.3) is 5.52 Å². The Morgan fingerprint density at radius 1 is 1.45 bits per heavy atom. The topological polar surface area (TPSA) is 17.3 Å². The Morgan fingerprint density at radius 2 is 2.36 bits per heavy atom. The first-order chi connectivity index (χ1) is 5.42. The minimum atomic E-state index is 0.878. The molecular weight excluding hydrogens is 204 g/mol. The summed E-state index contributed by atoms with van der Waals surface area (Å²) in [6, 6.07) is 6.10. The first-order valence-corrected chi connectivity index (χ1v) is 4.51. The Morgan fingerprint density at radius 3 is 3.18 bits per heavy atom. The first kappa shape index (κ1) is 6.85. The number of alkyl halides is 1. The molecular formula is C8H7BrN2. The molecule has 0 aliphatic rings. The van der Waals surface area contributed by atoms with Gasteiger partial charge in [-0.2, -0.15) is 5.10 Å². The van der Waals surface area contributed by atoms with Crippen molar-refractivity contribution in [3.8, 4) is 0 Å². The van der Waals surface area contributed by atoms with Gasteiger partial charge in [-0.25, -0.2) is 4.52 Å². The first-order valence-electron chi connectivity index (χ1n) is 3.39. The molecule has 11 heavy (non-hydrogen) atoms. The van der Waals surface area contributed by atoms with Gasteiger partial charge in [0.05, 0.1) is 5.52 Å². The second-order valence-electron chi connectivity index (χ2n) is 2.33. The van der Waals surface area contributed by atoms with Crippen molar-refractivity contribution in [2.45, 2.75) is 5.33 Å². The standard InChI is InChI=1S/C8H7BrN2/c9-6-7-2-1-5-11-8(7)3-4-10-11/h1-5H,6H2. The van der Waals surface area contributed by atoms with Crippen LogP contribution in [0.15, 0.2) is 30.6 Å². The van der Waals surface area contributed by atoms with Crippen molar-refractivity contribution < 1.29 is 0 Å². The summed E-state index contributed by atoms with van der Waals surface area (Å²) < 4.78 is 1.87. The molecule has 0 amide bonds. The summed E-state index contributed by atoms with van der Waals surface area (Å²) in [5, 5.41) is 5.00. The monoisotopic (exact) mass is 210 g/mol. The fourth-order valence-electron chi connectivity index (χ4n) is 1.13. The number of halogens is 1. The lowest BCUT2D eigenvalue weighted by atomic mass is 10.2. The third-order valence-corrected chi connectivity index (χ3v) is 2.27. The molecule has 0 aliphatic carbocycles. The highest BCUT2D eigenvalue weighted by atomic mass is 79.9. The van der Waals surface area contributed by atoms with Crippen molar-refractivity contribution in [3.05, 3.63) is 36.2 Å². The summed E-state index contributed by atoms with van der Waals surface area (Å²) in [4.78, 5) is 0. The lowest BCUT2D eigenvalue weighted by Gasteiger charge is -1.97. The SMILES string of the molecule is BrCc1cccn2nccc12. The quantitative estimate of drug-likeness (QED) is 0.661. The summed E-state index contributed by atoms with van der Waals surface area (Å²) in [5.74, 6) is 0. The van der Waals surface area contributed by atoms with Crippen molar-refractivity contribution >= 4 is 21.4 Å². The van der Waals surface area contributed by atoms with Crippen LogP contribution in [-0.2, 0) is 5.33 Å². The summed E-state index contributed by atoms with van der Waals surface area (Å²) in [6.45, 7) is 0. The van der Waals surface area contributed by atoms with Crippen molar-refractivity contribution in [1.29, 1.82) is 0 Å². The van der Waals surface area contributed by atoms with Gasteiger partial charge in [0, 0.05) is 17.7 Å². The summed E-state index contributed by atoms with van der Waals surface area (Å²) in [6.07, 6.45) is 3.75. The number of hydrogen-bond donors (Lipinski definition) is 0. The van der Waals surface area contributed by atoms with Crippen LogP contribution in [0, 0.1) is 0 Å². The largest absolute Gasteiger partial charge is 0.241 e. The fourth-order valence-corrected chi connectivity index (χ4v) is 1.60. The van der Waals surface area contributed by atoms with Crippen molar-refractivity contribution in [3.63, 3.8) is 0 Å².